The maximum atomic E-state index is 12.4. The predicted octanol–water partition coefficient (Wildman–Crippen LogP) is 3.13. The van der Waals surface area contributed by atoms with Gasteiger partial charge < -0.3 is 14.8 Å². The molecule has 0 saturated carbocycles. The molecule has 11 heteroatoms. The Morgan fingerprint density at radius 3 is 2.50 bits per heavy atom. The van der Waals surface area contributed by atoms with E-state index in [0.717, 1.165) is 6.07 Å². The zero-order valence-corrected chi connectivity index (χ0v) is 14.0. The van der Waals surface area contributed by atoms with Crippen molar-refractivity contribution in [2.75, 3.05) is 18.5 Å². The van der Waals surface area contributed by atoms with Gasteiger partial charge in [0.05, 0.1) is 24.2 Å². The van der Waals surface area contributed by atoms with Crippen molar-refractivity contribution in [3.63, 3.8) is 0 Å². The van der Waals surface area contributed by atoms with Crippen LogP contribution in [0.4, 0.5) is 24.5 Å². The lowest BCUT2D eigenvalue weighted by Crippen LogP contribution is -2.30. The third-order valence-electron chi connectivity index (χ3n) is 3.08. The smallest absolute Gasteiger partial charge is 0.471 e. The molecule has 26 heavy (non-hydrogen) atoms. The number of alkyl halides is 3. The van der Waals surface area contributed by atoms with Gasteiger partial charge in [0.15, 0.2) is 0 Å². The molecule has 1 N–H and O–H groups in total. The lowest BCUT2D eigenvalue weighted by atomic mass is 10.1. The first-order chi connectivity index (χ1) is 12.1. The number of carbonyl (C=O) groups is 2. The van der Waals surface area contributed by atoms with Crippen LogP contribution in [-0.4, -0.2) is 36.2 Å². The molecule has 0 bridgehead atoms. The largest absolute Gasteiger partial charge is 0.493 e. The maximum Gasteiger partial charge on any atom is 0.471 e. The van der Waals surface area contributed by atoms with Crippen LogP contribution in [0.5, 0.6) is 5.75 Å². The van der Waals surface area contributed by atoms with Crippen molar-refractivity contribution in [3.8, 4) is 5.75 Å². The molecule has 0 saturated heterocycles. The summed E-state index contributed by atoms with van der Waals surface area (Å²) in [5, 5.41) is 12.6. The molecule has 1 amide bonds. The van der Waals surface area contributed by atoms with Gasteiger partial charge in [0.25, 0.3) is 5.69 Å². The Bertz CT molecular complexity index is 691. The highest BCUT2D eigenvalue weighted by molar-refractivity contribution is 5.97. The van der Waals surface area contributed by atoms with Crippen molar-refractivity contribution >= 4 is 23.3 Å². The number of hydrogen-bond acceptors (Lipinski definition) is 6. The van der Waals surface area contributed by atoms with E-state index >= 15 is 0 Å². The summed E-state index contributed by atoms with van der Waals surface area (Å²) in [5.74, 6) is -2.70. The maximum absolute atomic E-state index is 12.4. The molecular formula is C15H17F3N2O6. The van der Waals surface area contributed by atoms with E-state index in [9.17, 15) is 32.9 Å². The first-order valence-electron chi connectivity index (χ1n) is 7.51. The van der Waals surface area contributed by atoms with E-state index in [1.165, 1.54) is 18.3 Å². The number of amides is 1. The van der Waals surface area contributed by atoms with Crippen LogP contribution in [-0.2, 0) is 14.3 Å². The Kier molecular flexibility index (Phi) is 7.35. The lowest BCUT2D eigenvalue weighted by Gasteiger charge is -2.13. The summed E-state index contributed by atoms with van der Waals surface area (Å²) >= 11 is 0. The van der Waals surface area contributed by atoms with Crippen LogP contribution in [0, 0.1) is 17.0 Å². The first kappa shape index (κ1) is 21.2. The molecule has 0 heterocycles. The molecule has 1 aromatic rings. The third kappa shape index (κ3) is 6.22. The number of ether oxygens (including phenoxy) is 2. The second-order valence-electron chi connectivity index (χ2n) is 5.10. The van der Waals surface area contributed by atoms with E-state index in [0.29, 0.717) is 0 Å². The highest BCUT2D eigenvalue weighted by Crippen LogP contribution is 2.34. The minimum atomic E-state index is -5.18. The molecule has 0 aliphatic heterocycles. The highest BCUT2D eigenvalue weighted by atomic mass is 19.4. The predicted molar refractivity (Wildman–Crippen MR) is 83.9 cm³/mol. The molecule has 0 unspecified atom stereocenters. The van der Waals surface area contributed by atoms with Gasteiger partial charge in [0.2, 0.25) is 0 Å². The van der Waals surface area contributed by atoms with Crippen molar-refractivity contribution < 1.29 is 37.2 Å². The number of benzene rings is 1. The number of aryl methyl sites for hydroxylation is 1. The Balaban J connectivity index is 2.87. The van der Waals surface area contributed by atoms with E-state index in [2.05, 4.69) is 0 Å². The van der Waals surface area contributed by atoms with E-state index < -0.39 is 34.4 Å². The molecule has 0 fully saturated rings. The van der Waals surface area contributed by atoms with Gasteiger partial charge in [-0.25, -0.2) is 0 Å². The number of anilines is 1. The summed E-state index contributed by atoms with van der Waals surface area (Å²) < 4.78 is 47.1. The molecule has 144 valence electrons. The summed E-state index contributed by atoms with van der Waals surface area (Å²) in [6.45, 7) is 3.25. The van der Waals surface area contributed by atoms with Gasteiger partial charge in [-0.15, -0.1) is 0 Å². The molecular weight excluding hydrogens is 361 g/mol. The summed E-state index contributed by atoms with van der Waals surface area (Å²) in [7, 11) is 0. The van der Waals surface area contributed by atoms with Crippen LogP contribution in [0.3, 0.4) is 0 Å². The van der Waals surface area contributed by atoms with E-state index in [4.69, 9.17) is 9.47 Å². The van der Waals surface area contributed by atoms with Crippen molar-refractivity contribution in [3.05, 3.63) is 27.8 Å². The molecule has 0 radical (unpaired) electrons. The van der Waals surface area contributed by atoms with Gasteiger partial charge in [-0.05, 0) is 31.9 Å². The average Bonchev–Trinajstić information content (AvgIpc) is 2.52. The van der Waals surface area contributed by atoms with Gasteiger partial charge in [0, 0.05) is 6.42 Å². The third-order valence-corrected chi connectivity index (χ3v) is 3.08. The van der Waals surface area contributed by atoms with Gasteiger partial charge in [0.1, 0.15) is 11.4 Å². The quantitative estimate of drug-likeness (QED) is 0.322. The summed E-state index contributed by atoms with van der Waals surface area (Å²) in [4.78, 5) is 32.4. The molecule has 0 aliphatic rings. The number of carbonyl (C=O) groups excluding carboxylic acids is 2. The minimum Gasteiger partial charge on any atom is -0.493 e. The lowest BCUT2D eigenvalue weighted by molar-refractivity contribution is -0.384. The number of esters is 1. The Labute approximate surface area is 146 Å². The molecule has 0 atom stereocenters. The fourth-order valence-electron chi connectivity index (χ4n) is 1.95. The van der Waals surface area contributed by atoms with Crippen molar-refractivity contribution in [1.29, 1.82) is 0 Å². The van der Waals surface area contributed by atoms with Crippen molar-refractivity contribution in [1.82, 2.24) is 0 Å². The Morgan fingerprint density at radius 1 is 1.31 bits per heavy atom. The topological polar surface area (TPSA) is 108 Å². The minimum absolute atomic E-state index is 0.0252. The second-order valence-corrected chi connectivity index (χ2v) is 5.10. The van der Waals surface area contributed by atoms with Crippen LogP contribution in [0.25, 0.3) is 0 Å². The zero-order chi connectivity index (χ0) is 19.9. The standard InChI is InChI=1S/C15H17F3N2O6/c1-3-25-12(21)5-4-6-26-10-7-9(2)13(11(8-10)20(23)24)19-14(22)15(16,17)18/h7-8H,3-6H2,1-2H3,(H,19,22). The average molecular weight is 378 g/mol. The molecule has 1 rings (SSSR count). The van der Waals surface area contributed by atoms with Crippen LogP contribution in [0.1, 0.15) is 25.3 Å². The molecule has 1 aromatic carbocycles. The number of rotatable bonds is 8. The van der Waals surface area contributed by atoms with Gasteiger partial charge in [-0.2, -0.15) is 13.2 Å². The normalized spacial score (nSPS) is 11.0. The number of nitrogens with one attached hydrogen (secondary N) is 1. The van der Waals surface area contributed by atoms with Gasteiger partial charge >= 0.3 is 18.1 Å². The van der Waals surface area contributed by atoms with E-state index in [1.807, 2.05) is 0 Å². The highest BCUT2D eigenvalue weighted by Gasteiger charge is 2.40. The van der Waals surface area contributed by atoms with Gasteiger partial charge in [-0.3, -0.25) is 19.7 Å². The summed E-state index contributed by atoms with van der Waals surface area (Å²) in [6.07, 6.45) is -4.80. The fourth-order valence-corrected chi connectivity index (χ4v) is 1.95. The molecule has 0 spiro atoms. The number of nitrogens with zero attached hydrogens (tertiary/aromatic N) is 1. The monoisotopic (exact) mass is 378 g/mol. The Hall–Kier alpha value is -2.85. The fraction of sp³-hybridized carbons (Fsp3) is 0.467. The van der Waals surface area contributed by atoms with E-state index in [1.54, 1.807) is 6.92 Å². The van der Waals surface area contributed by atoms with Crippen LogP contribution < -0.4 is 10.1 Å². The zero-order valence-electron chi connectivity index (χ0n) is 14.0. The SMILES string of the molecule is CCOC(=O)CCCOc1cc(C)c(NC(=O)C(F)(F)F)c([N+](=O)[O-])c1. The molecule has 0 aliphatic carbocycles. The number of halogens is 3. The van der Waals surface area contributed by atoms with Crippen LogP contribution >= 0.6 is 0 Å². The van der Waals surface area contributed by atoms with Crippen LogP contribution in [0.2, 0.25) is 0 Å². The number of hydrogen-bond donors (Lipinski definition) is 1. The first-order valence-corrected chi connectivity index (χ1v) is 7.51. The van der Waals surface area contributed by atoms with Crippen LogP contribution in [0.15, 0.2) is 12.1 Å². The molecule has 8 nitrogen and oxygen atoms in total. The van der Waals surface area contributed by atoms with Gasteiger partial charge in [-0.1, -0.05) is 0 Å². The summed E-state index contributed by atoms with van der Waals surface area (Å²) in [5.41, 5.74) is -1.27. The van der Waals surface area contributed by atoms with Crippen molar-refractivity contribution in [2.24, 2.45) is 0 Å². The molecule has 0 aromatic heterocycles. The van der Waals surface area contributed by atoms with E-state index in [-0.39, 0.29) is 37.4 Å². The number of nitro benzene ring substituents is 1. The Morgan fingerprint density at radius 2 is 1.96 bits per heavy atom. The second kappa shape index (κ2) is 9.02. The van der Waals surface area contributed by atoms with Crippen molar-refractivity contribution in [2.45, 2.75) is 32.9 Å². The summed E-state index contributed by atoms with van der Waals surface area (Å²) in [6, 6.07) is 2.16. The number of nitro groups is 1.